The molecule has 2 unspecified atom stereocenters. The first-order chi connectivity index (χ1) is 14.4. The van der Waals surface area contributed by atoms with E-state index in [-0.39, 0.29) is 29.6 Å². The summed E-state index contributed by atoms with van der Waals surface area (Å²) in [5.41, 5.74) is 1.76. The van der Waals surface area contributed by atoms with E-state index >= 15 is 0 Å². The number of carbonyl (C=O) groups is 3. The summed E-state index contributed by atoms with van der Waals surface area (Å²) in [5, 5.41) is 2.92. The van der Waals surface area contributed by atoms with E-state index in [4.69, 9.17) is 4.74 Å². The van der Waals surface area contributed by atoms with Crippen molar-refractivity contribution in [3.05, 3.63) is 35.4 Å². The Morgan fingerprint density at radius 2 is 1.87 bits per heavy atom. The van der Waals surface area contributed by atoms with Crippen molar-refractivity contribution in [1.82, 2.24) is 10.2 Å². The van der Waals surface area contributed by atoms with Crippen LogP contribution in [0.5, 0.6) is 0 Å². The van der Waals surface area contributed by atoms with Gasteiger partial charge in [-0.15, -0.1) is 0 Å². The Bertz CT molecular complexity index is 714. The normalized spacial score (nSPS) is 17.5. The molecule has 1 fully saturated rings. The van der Waals surface area contributed by atoms with Crippen molar-refractivity contribution >= 4 is 17.8 Å². The van der Waals surface area contributed by atoms with Crippen LogP contribution >= 0.6 is 0 Å². The highest BCUT2D eigenvalue weighted by molar-refractivity contribution is 5.97. The first kappa shape index (κ1) is 23.9. The highest BCUT2D eigenvalue weighted by Crippen LogP contribution is 2.20. The number of hydrogen-bond acceptors (Lipinski definition) is 4. The lowest BCUT2D eigenvalue weighted by atomic mass is 9.95. The molecule has 0 saturated carbocycles. The molecule has 0 bridgehead atoms. The Morgan fingerprint density at radius 3 is 2.47 bits per heavy atom. The number of nitrogens with one attached hydrogen (secondary N) is 1. The van der Waals surface area contributed by atoms with E-state index in [9.17, 15) is 14.4 Å². The van der Waals surface area contributed by atoms with Gasteiger partial charge in [0.15, 0.2) is 0 Å². The second kappa shape index (κ2) is 11.7. The fourth-order valence-corrected chi connectivity index (χ4v) is 3.77. The lowest BCUT2D eigenvalue weighted by Crippen LogP contribution is -2.54. The minimum atomic E-state index is -0.627. The van der Waals surface area contributed by atoms with Crippen LogP contribution in [0.25, 0.3) is 0 Å². The van der Waals surface area contributed by atoms with Gasteiger partial charge < -0.3 is 15.0 Å². The van der Waals surface area contributed by atoms with Gasteiger partial charge in [-0.3, -0.25) is 14.4 Å². The Morgan fingerprint density at radius 1 is 1.17 bits per heavy atom. The molecule has 1 aromatic carbocycles. The number of amides is 2. The van der Waals surface area contributed by atoms with Gasteiger partial charge >= 0.3 is 5.97 Å². The fraction of sp³-hybridized carbons (Fsp3) is 0.625. The minimum absolute atomic E-state index is 0.0618. The monoisotopic (exact) mass is 416 g/mol. The molecule has 1 N–H and O–H groups in total. The zero-order chi connectivity index (χ0) is 22.1. The van der Waals surface area contributed by atoms with Gasteiger partial charge in [-0.2, -0.15) is 0 Å². The largest absolute Gasteiger partial charge is 0.466 e. The Kier molecular flexibility index (Phi) is 9.34. The van der Waals surface area contributed by atoms with E-state index in [2.05, 4.69) is 12.2 Å². The first-order valence-electron chi connectivity index (χ1n) is 11.2. The second-order valence-corrected chi connectivity index (χ2v) is 8.37. The maximum absolute atomic E-state index is 13.2. The summed E-state index contributed by atoms with van der Waals surface area (Å²) in [6, 6.07) is 6.97. The third-order valence-corrected chi connectivity index (χ3v) is 5.61. The second-order valence-electron chi connectivity index (χ2n) is 8.37. The summed E-state index contributed by atoms with van der Waals surface area (Å²) in [6.07, 6.45) is 4.74. The lowest BCUT2D eigenvalue weighted by Gasteiger charge is -2.35. The average Bonchev–Trinajstić information content (AvgIpc) is 2.75. The van der Waals surface area contributed by atoms with E-state index in [0.717, 1.165) is 32.1 Å². The van der Waals surface area contributed by atoms with Crippen LogP contribution in [-0.4, -0.2) is 48.4 Å². The molecular weight excluding hydrogens is 380 g/mol. The van der Waals surface area contributed by atoms with Crippen LogP contribution in [0.15, 0.2) is 24.3 Å². The number of likely N-dealkylation sites (tertiary alicyclic amines) is 1. The highest BCUT2D eigenvalue weighted by Gasteiger charge is 2.34. The number of benzene rings is 1. The Hall–Kier alpha value is -2.37. The van der Waals surface area contributed by atoms with Crippen molar-refractivity contribution in [2.24, 2.45) is 11.8 Å². The van der Waals surface area contributed by atoms with E-state index < -0.39 is 6.04 Å². The van der Waals surface area contributed by atoms with Crippen LogP contribution in [0.2, 0.25) is 0 Å². The number of unbranched alkanes of at least 4 members (excludes halogenated alkanes) is 1. The molecule has 30 heavy (non-hydrogen) atoms. The fourth-order valence-electron chi connectivity index (χ4n) is 3.77. The summed E-state index contributed by atoms with van der Waals surface area (Å²) in [7, 11) is 0. The van der Waals surface area contributed by atoms with Gasteiger partial charge in [0.05, 0.1) is 12.5 Å². The smallest absolute Gasteiger partial charge is 0.310 e. The molecule has 1 aliphatic rings. The van der Waals surface area contributed by atoms with Crippen LogP contribution in [0.4, 0.5) is 0 Å². The van der Waals surface area contributed by atoms with E-state index in [1.54, 1.807) is 11.8 Å². The quantitative estimate of drug-likeness (QED) is 0.624. The third-order valence-electron chi connectivity index (χ3n) is 5.61. The van der Waals surface area contributed by atoms with E-state index in [1.807, 2.05) is 38.1 Å². The molecule has 0 aliphatic carbocycles. The maximum atomic E-state index is 13.2. The molecule has 1 aliphatic heterocycles. The molecule has 0 radical (unpaired) electrons. The van der Waals surface area contributed by atoms with Gasteiger partial charge in [0.25, 0.3) is 5.91 Å². The zero-order valence-corrected chi connectivity index (χ0v) is 18.8. The van der Waals surface area contributed by atoms with Crippen LogP contribution in [-0.2, 0) is 20.7 Å². The molecular formula is C24H36N2O4. The molecule has 2 rings (SSSR count). The lowest BCUT2D eigenvalue weighted by molar-refractivity contribution is -0.151. The van der Waals surface area contributed by atoms with Crippen molar-refractivity contribution in [1.29, 1.82) is 0 Å². The molecule has 1 saturated heterocycles. The molecule has 6 nitrogen and oxygen atoms in total. The molecule has 0 spiro atoms. The third kappa shape index (κ3) is 6.57. The minimum Gasteiger partial charge on any atom is -0.466 e. The summed E-state index contributed by atoms with van der Waals surface area (Å²) >= 11 is 0. The molecule has 2 atom stereocenters. The number of carbonyl (C=O) groups excluding carboxylic acids is 3. The van der Waals surface area contributed by atoms with Crippen molar-refractivity contribution in [2.45, 2.75) is 65.8 Å². The van der Waals surface area contributed by atoms with Crippen LogP contribution in [0.3, 0.4) is 0 Å². The van der Waals surface area contributed by atoms with Crippen LogP contribution in [0.1, 0.15) is 69.3 Å². The van der Waals surface area contributed by atoms with Crippen LogP contribution in [0, 0.1) is 11.8 Å². The molecule has 0 aromatic heterocycles. The van der Waals surface area contributed by atoms with Crippen LogP contribution < -0.4 is 5.32 Å². The maximum Gasteiger partial charge on any atom is 0.310 e. The predicted octanol–water partition coefficient (Wildman–Crippen LogP) is 3.59. The standard InChI is InChI=1S/C24H36N2O4/c1-5-7-9-18-11-13-19(14-12-18)22(27)25-21(17(3)4)23(28)26-15-8-10-20(16-26)24(29)30-6-2/h11-14,17,20-21H,5-10,15-16H2,1-4H3,(H,25,27). The summed E-state index contributed by atoms with van der Waals surface area (Å²) < 4.78 is 5.13. The van der Waals surface area contributed by atoms with Gasteiger partial charge in [-0.1, -0.05) is 39.3 Å². The number of hydrogen-bond donors (Lipinski definition) is 1. The van der Waals surface area contributed by atoms with Gasteiger partial charge in [0, 0.05) is 18.7 Å². The summed E-state index contributed by atoms with van der Waals surface area (Å²) in [5.74, 6) is -0.978. The van der Waals surface area contributed by atoms with Crippen molar-refractivity contribution < 1.29 is 19.1 Å². The molecule has 1 aromatic rings. The summed E-state index contributed by atoms with van der Waals surface area (Å²) in [4.78, 5) is 39.7. The molecule has 2 amide bonds. The highest BCUT2D eigenvalue weighted by atomic mass is 16.5. The zero-order valence-electron chi connectivity index (χ0n) is 18.8. The molecule has 1 heterocycles. The van der Waals surface area contributed by atoms with Gasteiger partial charge in [0.1, 0.15) is 6.04 Å². The number of rotatable bonds is 9. The van der Waals surface area contributed by atoms with E-state index in [1.165, 1.54) is 5.56 Å². The van der Waals surface area contributed by atoms with Crippen molar-refractivity contribution in [2.75, 3.05) is 19.7 Å². The Balaban J connectivity index is 2.03. The number of aryl methyl sites for hydroxylation is 1. The number of esters is 1. The topological polar surface area (TPSA) is 75.7 Å². The van der Waals surface area contributed by atoms with Gasteiger partial charge in [-0.25, -0.2) is 0 Å². The predicted molar refractivity (Wildman–Crippen MR) is 117 cm³/mol. The summed E-state index contributed by atoms with van der Waals surface area (Å²) in [6.45, 7) is 9.06. The number of nitrogens with zero attached hydrogens (tertiary/aromatic N) is 1. The van der Waals surface area contributed by atoms with Crippen molar-refractivity contribution in [3.8, 4) is 0 Å². The Labute approximate surface area is 180 Å². The molecule has 166 valence electrons. The van der Waals surface area contributed by atoms with Crippen molar-refractivity contribution in [3.63, 3.8) is 0 Å². The SMILES string of the molecule is CCCCc1ccc(C(=O)NC(C(=O)N2CCCC(C(=O)OCC)C2)C(C)C)cc1. The number of piperidine rings is 1. The first-order valence-corrected chi connectivity index (χ1v) is 11.2. The van der Waals surface area contributed by atoms with Gasteiger partial charge in [-0.05, 0) is 56.2 Å². The average molecular weight is 417 g/mol. The van der Waals surface area contributed by atoms with Gasteiger partial charge in [0.2, 0.25) is 5.91 Å². The number of ether oxygens (including phenoxy) is 1. The van der Waals surface area contributed by atoms with E-state index in [0.29, 0.717) is 25.3 Å². The molecule has 6 heteroatoms.